The highest BCUT2D eigenvalue weighted by Gasteiger charge is 2.42. The summed E-state index contributed by atoms with van der Waals surface area (Å²) in [7, 11) is 0. The van der Waals surface area contributed by atoms with Crippen LogP contribution in [-0.2, 0) is 9.63 Å². The van der Waals surface area contributed by atoms with Gasteiger partial charge in [-0.05, 0) is 38.5 Å². The van der Waals surface area contributed by atoms with Crippen LogP contribution < -0.4 is 0 Å². The van der Waals surface area contributed by atoms with E-state index in [2.05, 4.69) is 5.16 Å². The van der Waals surface area contributed by atoms with Gasteiger partial charge in [-0.3, -0.25) is 4.79 Å². The third-order valence-electron chi connectivity index (χ3n) is 3.85. The molecule has 0 saturated heterocycles. The molecular formula is C14H22F3NO4. The SMILES string of the molecule is O=C(O)CCC/C(=N\OCCO)C1CCC(C(F)(F)F)CC1. The van der Waals surface area contributed by atoms with Crippen LogP contribution in [0.25, 0.3) is 0 Å². The summed E-state index contributed by atoms with van der Waals surface area (Å²) >= 11 is 0. The lowest BCUT2D eigenvalue weighted by Crippen LogP contribution is -2.30. The van der Waals surface area contributed by atoms with Gasteiger partial charge in [0.25, 0.3) is 0 Å². The lowest BCUT2D eigenvalue weighted by Gasteiger charge is -2.30. The Morgan fingerprint density at radius 2 is 1.82 bits per heavy atom. The molecular weight excluding hydrogens is 303 g/mol. The molecule has 1 fully saturated rings. The minimum absolute atomic E-state index is 0.0142. The predicted octanol–water partition coefficient (Wildman–Crippen LogP) is 2.97. The van der Waals surface area contributed by atoms with Crippen LogP contribution in [0.3, 0.4) is 0 Å². The molecule has 0 amide bonds. The van der Waals surface area contributed by atoms with Gasteiger partial charge in [0.2, 0.25) is 0 Å². The second-order valence-electron chi connectivity index (χ2n) is 5.48. The summed E-state index contributed by atoms with van der Waals surface area (Å²) in [5.41, 5.74) is 0.607. The number of hydrogen-bond donors (Lipinski definition) is 2. The number of nitrogens with zero attached hydrogens (tertiary/aromatic N) is 1. The highest BCUT2D eigenvalue weighted by molar-refractivity contribution is 5.86. The Kier molecular flexibility index (Phi) is 7.64. The van der Waals surface area contributed by atoms with Gasteiger partial charge in [-0.25, -0.2) is 0 Å². The molecule has 1 aliphatic rings. The third-order valence-corrected chi connectivity index (χ3v) is 3.85. The third kappa shape index (κ3) is 6.64. The second kappa shape index (κ2) is 8.97. The first kappa shape index (κ1) is 18.7. The molecule has 0 aromatic rings. The molecule has 0 aliphatic heterocycles. The van der Waals surface area contributed by atoms with E-state index in [-0.39, 0.29) is 38.4 Å². The van der Waals surface area contributed by atoms with Crippen molar-refractivity contribution in [3.8, 4) is 0 Å². The van der Waals surface area contributed by atoms with E-state index >= 15 is 0 Å². The molecule has 0 heterocycles. The van der Waals surface area contributed by atoms with E-state index in [0.717, 1.165) is 0 Å². The van der Waals surface area contributed by atoms with Crippen molar-refractivity contribution in [2.24, 2.45) is 17.0 Å². The lowest BCUT2D eigenvalue weighted by atomic mass is 9.78. The summed E-state index contributed by atoms with van der Waals surface area (Å²) in [5.74, 6) is -2.29. The van der Waals surface area contributed by atoms with E-state index in [9.17, 15) is 18.0 Å². The van der Waals surface area contributed by atoms with E-state index in [1.165, 1.54) is 0 Å². The van der Waals surface area contributed by atoms with Gasteiger partial charge < -0.3 is 15.1 Å². The Bertz CT molecular complexity index is 377. The summed E-state index contributed by atoms with van der Waals surface area (Å²) in [6, 6.07) is 0. The molecule has 5 nitrogen and oxygen atoms in total. The van der Waals surface area contributed by atoms with E-state index in [4.69, 9.17) is 15.1 Å². The topological polar surface area (TPSA) is 79.1 Å². The average Bonchev–Trinajstić information content (AvgIpc) is 2.45. The van der Waals surface area contributed by atoms with Crippen LogP contribution in [0.4, 0.5) is 13.2 Å². The van der Waals surface area contributed by atoms with Gasteiger partial charge in [0.05, 0.1) is 18.2 Å². The second-order valence-corrected chi connectivity index (χ2v) is 5.48. The number of halogens is 3. The maximum absolute atomic E-state index is 12.7. The van der Waals surface area contributed by atoms with Gasteiger partial charge in [0.15, 0.2) is 0 Å². The standard InChI is InChI=1S/C14H22F3NO4/c15-14(16,17)11-6-4-10(5-7-11)12(18-22-9-8-19)2-1-3-13(20)21/h10-11,19H,1-9H2,(H,20,21)/b18-12+. The minimum Gasteiger partial charge on any atom is -0.481 e. The predicted molar refractivity (Wildman–Crippen MR) is 73.5 cm³/mol. The number of aliphatic hydroxyl groups is 1. The highest BCUT2D eigenvalue weighted by atomic mass is 19.4. The molecule has 1 saturated carbocycles. The number of carbonyl (C=O) groups is 1. The molecule has 0 bridgehead atoms. The Labute approximate surface area is 127 Å². The van der Waals surface area contributed by atoms with Crippen molar-refractivity contribution in [2.45, 2.75) is 51.1 Å². The Hall–Kier alpha value is -1.31. The molecule has 0 unspecified atom stereocenters. The van der Waals surface area contributed by atoms with Crippen molar-refractivity contribution in [2.75, 3.05) is 13.2 Å². The van der Waals surface area contributed by atoms with E-state index < -0.39 is 18.1 Å². The number of aliphatic hydroxyl groups excluding tert-OH is 1. The molecule has 0 aromatic heterocycles. The fourth-order valence-electron chi connectivity index (χ4n) is 2.67. The van der Waals surface area contributed by atoms with Gasteiger partial charge >= 0.3 is 12.1 Å². The zero-order valence-corrected chi connectivity index (χ0v) is 12.3. The maximum atomic E-state index is 12.7. The fraction of sp³-hybridized carbons (Fsp3) is 0.857. The van der Waals surface area contributed by atoms with E-state index in [0.29, 0.717) is 31.4 Å². The monoisotopic (exact) mass is 325 g/mol. The molecule has 1 aliphatic carbocycles. The van der Waals surface area contributed by atoms with Crippen LogP contribution in [0.5, 0.6) is 0 Å². The quantitative estimate of drug-likeness (QED) is 0.408. The van der Waals surface area contributed by atoms with Gasteiger partial charge in [0, 0.05) is 12.3 Å². The van der Waals surface area contributed by atoms with Crippen LogP contribution in [0.15, 0.2) is 5.16 Å². The average molecular weight is 325 g/mol. The van der Waals surface area contributed by atoms with Crippen LogP contribution in [-0.4, -0.2) is 41.3 Å². The van der Waals surface area contributed by atoms with Crippen molar-refractivity contribution < 1.29 is 33.0 Å². The maximum Gasteiger partial charge on any atom is 0.391 e. The molecule has 0 radical (unpaired) electrons. The lowest BCUT2D eigenvalue weighted by molar-refractivity contribution is -0.182. The number of rotatable bonds is 8. The first-order valence-corrected chi connectivity index (χ1v) is 7.42. The largest absolute Gasteiger partial charge is 0.481 e. The van der Waals surface area contributed by atoms with Gasteiger partial charge in [-0.15, -0.1) is 0 Å². The number of carboxylic acid groups (broad SMARTS) is 1. The molecule has 0 aromatic carbocycles. The number of carboxylic acids is 1. The number of aliphatic carboxylic acids is 1. The molecule has 8 heteroatoms. The minimum atomic E-state index is -4.15. The van der Waals surface area contributed by atoms with Crippen LogP contribution in [0, 0.1) is 11.8 Å². The zero-order valence-electron chi connectivity index (χ0n) is 12.3. The van der Waals surface area contributed by atoms with Crippen molar-refractivity contribution in [3.63, 3.8) is 0 Å². The Balaban J connectivity index is 2.56. The van der Waals surface area contributed by atoms with E-state index in [1.54, 1.807) is 0 Å². The van der Waals surface area contributed by atoms with Crippen molar-refractivity contribution in [1.29, 1.82) is 0 Å². The molecule has 1 rings (SSSR count). The summed E-state index contributed by atoms with van der Waals surface area (Å²) in [6.45, 7) is -0.187. The van der Waals surface area contributed by atoms with E-state index in [1.807, 2.05) is 0 Å². The van der Waals surface area contributed by atoms with Gasteiger partial charge in [0.1, 0.15) is 6.61 Å². The van der Waals surface area contributed by atoms with Gasteiger partial charge in [-0.2, -0.15) is 13.2 Å². The van der Waals surface area contributed by atoms with Crippen LogP contribution >= 0.6 is 0 Å². The van der Waals surface area contributed by atoms with Crippen LogP contribution in [0.2, 0.25) is 0 Å². The molecule has 0 atom stereocenters. The van der Waals surface area contributed by atoms with Gasteiger partial charge in [-0.1, -0.05) is 5.16 Å². The fourth-order valence-corrected chi connectivity index (χ4v) is 2.67. The summed E-state index contributed by atoms with van der Waals surface area (Å²) in [6.07, 6.45) is -2.54. The Morgan fingerprint density at radius 1 is 1.18 bits per heavy atom. The molecule has 2 N–H and O–H groups in total. The normalized spacial score (nSPS) is 23.4. The highest BCUT2D eigenvalue weighted by Crippen LogP contribution is 2.40. The molecule has 0 spiro atoms. The number of alkyl halides is 3. The number of oxime groups is 1. The molecule has 128 valence electrons. The van der Waals surface area contributed by atoms with Crippen molar-refractivity contribution in [1.82, 2.24) is 0 Å². The number of hydrogen-bond acceptors (Lipinski definition) is 4. The van der Waals surface area contributed by atoms with Crippen LogP contribution in [0.1, 0.15) is 44.9 Å². The molecule has 22 heavy (non-hydrogen) atoms. The smallest absolute Gasteiger partial charge is 0.391 e. The Morgan fingerprint density at radius 3 is 2.32 bits per heavy atom. The first-order valence-electron chi connectivity index (χ1n) is 7.42. The van der Waals surface area contributed by atoms with Crippen molar-refractivity contribution >= 4 is 11.7 Å². The zero-order chi connectivity index (χ0) is 16.6. The van der Waals surface area contributed by atoms with Crippen molar-refractivity contribution in [3.05, 3.63) is 0 Å². The summed E-state index contributed by atoms with van der Waals surface area (Å²) < 4.78 is 38.0. The summed E-state index contributed by atoms with van der Waals surface area (Å²) in [5, 5.41) is 21.2. The summed E-state index contributed by atoms with van der Waals surface area (Å²) in [4.78, 5) is 15.5. The first-order chi connectivity index (χ1) is 10.3.